The molecule has 0 unspecified atom stereocenters. The van der Waals surface area contributed by atoms with E-state index in [1.54, 1.807) is 0 Å². The molecule has 0 spiro atoms. The van der Waals surface area contributed by atoms with Crippen molar-refractivity contribution >= 4 is 16.0 Å². The van der Waals surface area contributed by atoms with E-state index in [9.17, 15) is 17.6 Å². The van der Waals surface area contributed by atoms with Crippen LogP contribution in [0.4, 0.5) is 4.39 Å². The van der Waals surface area contributed by atoms with Crippen LogP contribution in [0.5, 0.6) is 0 Å². The number of carboxylic acid groups (broad SMARTS) is 1. The van der Waals surface area contributed by atoms with E-state index >= 15 is 0 Å². The van der Waals surface area contributed by atoms with Crippen molar-refractivity contribution in [1.29, 1.82) is 0 Å². The lowest BCUT2D eigenvalue weighted by Gasteiger charge is -2.14. The number of halogens is 1. The van der Waals surface area contributed by atoms with Gasteiger partial charge in [-0.3, -0.25) is 4.84 Å². The Hall–Kier alpha value is -1.51. The normalized spacial score (nSPS) is 16.3. The summed E-state index contributed by atoms with van der Waals surface area (Å²) in [5.41, 5.74) is -0.582. The average molecular weight is 317 g/mol. The lowest BCUT2D eigenvalue weighted by molar-refractivity contribution is 0.0223. The summed E-state index contributed by atoms with van der Waals surface area (Å²) >= 11 is 0. The summed E-state index contributed by atoms with van der Waals surface area (Å²) in [6.45, 7) is 1.27. The van der Waals surface area contributed by atoms with Crippen molar-refractivity contribution in [3.05, 3.63) is 29.1 Å². The largest absolute Gasteiger partial charge is 0.478 e. The summed E-state index contributed by atoms with van der Waals surface area (Å²) in [4.78, 5) is 17.5. The maximum absolute atomic E-state index is 13.7. The fourth-order valence-electron chi connectivity index (χ4n) is 2.24. The molecule has 2 N–H and O–H groups in total. The molecule has 6 nitrogen and oxygen atoms in total. The average Bonchev–Trinajstić information content (AvgIpc) is 2.92. The molecule has 1 aromatic rings. The Morgan fingerprint density at radius 3 is 2.57 bits per heavy atom. The molecule has 0 bridgehead atoms. The number of benzene rings is 1. The molecule has 1 aliphatic rings. The van der Waals surface area contributed by atoms with Gasteiger partial charge in [0.05, 0.1) is 16.6 Å². The lowest BCUT2D eigenvalue weighted by Crippen LogP contribution is -2.29. The molecule has 1 fully saturated rings. The molecule has 8 heteroatoms. The summed E-state index contributed by atoms with van der Waals surface area (Å²) in [6.07, 6.45) is 3.24. The second kappa shape index (κ2) is 6.08. The molecule has 0 atom stereocenters. The van der Waals surface area contributed by atoms with E-state index in [4.69, 9.17) is 9.94 Å². The van der Waals surface area contributed by atoms with Crippen LogP contribution in [0.3, 0.4) is 0 Å². The highest BCUT2D eigenvalue weighted by Gasteiger charge is 2.24. The van der Waals surface area contributed by atoms with Gasteiger partial charge < -0.3 is 5.11 Å². The van der Waals surface area contributed by atoms with Crippen LogP contribution in [0.15, 0.2) is 17.0 Å². The van der Waals surface area contributed by atoms with Crippen molar-refractivity contribution in [2.75, 3.05) is 0 Å². The van der Waals surface area contributed by atoms with Gasteiger partial charge in [-0.05, 0) is 31.9 Å². The van der Waals surface area contributed by atoms with E-state index in [1.165, 1.54) is 6.92 Å². The molecule has 116 valence electrons. The van der Waals surface area contributed by atoms with Gasteiger partial charge in [-0.1, -0.05) is 17.7 Å². The summed E-state index contributed by atoms with van der Waals surface area (Å²) in [7, 11) is -4.13. The van der Waals surface area contributed by atoms with Crippen molar-refractivity contribution in [3.63, 3.8) is 0 Å². The molecule has 0 radical (unpaired) electrons. The Morgan fingerprint density at radius 2 is 2.00 bits per heavy atom. The molecule has 1 aromatic carbocycles. The van der Waals surface area contributed by atoms with Gasteiger partial charge in [0.1, 0.15) is 5.82 Å². The van der Waals surface area contributed by atoms with Crippen molar-refractivity contribution in [1.82, 2.24) is 4.89 Å². The van der Waals surface area contributed by atoms with E-state index in [-0.39, 0.29) is 11.7 Å². The molecular formula is C13H16FNO5S. The van der Waals surface area contributed by atoms with E-state index in [0.29, 0.717) is 0 Å². The maximum Gasteiger partial charge on any atom is 0.335 e. The molecule has 0 saturated heterocycles. The monoisotopic (exact) mass is 317 g/mol. The fraction of sp³-hybridized carbons (Fsp3) is 0.462. The van der Waals surface area contributed by atoms with Gasteiger partial charge in [0.2, 0.25) is 0 Å². The van der Waals surface area contributed by atoms with Crippen molar-refractivity contribution in [2.24, 2.45) is 0 Å². The van der Waals surface area contributed by atoms with Gasteiger partial charge >= 0.3 is 5.97 Å². The molecule has 0 heterocycles. The summed E-state index contributed by atoms with van der Waals surface area (Å²) in [5.74, 6) is -2.29. The SMILES string of the molecule is Cc1c(F)cc(C(=O)O)cc1S(=O)(=O)NOC1CCCC1. The maximum atomic E-state index is 13.7. The third-order valence-corrected chi connectivity index (χ3v) is 4.78. The molecule has 2 rings (SSSR count). The van der Waals surface area contributed by atoms with E-state index in [0.717, 1.165) is 37.8 Å². The van der Waals surface area contributed by atoms with E-state index in [2.05, 4.69) is 0 Å². The Morgan fingerprint density at radius 1 is 1.38 bits per heavy atom. The Balaban J connectivity index is 2.27. The summed E-state index contributed by atoms with van der Waals surface area (Å²) < 4.78 is 38.0. The molecule has 0 aliphatic heterocycles. The molecular weight excluding hydrogens is 301 g/mol. The quantitative estimate of drug-likeness (QED) is 0.810. The van der Waals surface area contributed by atoms with Crippen LogP contribution in [0.25, 0.3) is 0 Å². The third-order valence-electron chi connectivity index (χ3n) is 3.46. The zero-order valence-corrected chi connectivity index (χ0v) is 12.2. The Labute approximate surface area is 121 Å². The minimum absolute atomic E-state index is 0.150. The van der Waals surface area contributed by atoms with Crippen molar-refractivity contribution in [3.8, 4) is 0 Å². The minimum atomic E-state index is -4.13. The van der Waals surface area contributed by atoms with Crippen molar-refractivity contribution < 1.29 is 27.5 Å². The number of rotatable bonds is 5. The van der Waals surface area contributed by atoms with Gasteiger partial charge in [0.25, 0.3) is 10.0 Å². The second-order valence-corrected chi connectivity index (χ2v) is 6.61. The number of hydrogen-bond acceptors (Lipinski definition) is 4. The van der Waals surface area contributed by atoms with Crippen LogP contribution in [0, 0.1) is 12.7 Å². The number of aromatic carboxylic acids is 1. The molecule has 1 saturated carbocycles. The molecule has 0 amide bonds. The third kappa shape index (κ3) is 3.58. The predicted molar refractivity (Wildman–Crippen MR) is 71.8 cm³/mol. The van der Waals surface area contributed by atoms with Gasteiger partial charge in [-0.2, -0.15) is 0 Å². The minimum Gasteiger partial charge on any atom is -0.478 e. The smallest absolute Gasteiger partial charge is 0.335 e. The van der Waals surface area contributed by atoms with Gasteiger partial charge in [0, 0.05) is 5.56 Å². The summed E-state index contributed by atoms with van der Waals surface area (Å²) in [6, 6.07) is 1.70. The van der Waals surface area contributed by atoms with Gasteiger partial charge in [-0.15, -0.1) is 0 Å². The lowest BCUT2D eigenvalue weighted by atomic mass is 10.1. The number of nitrogens with one attached hydrogen (secondary N) is 1. The van der Waals surface area contributed by atoms with E-state index in [1.807, 2.05) is 4.89 Å². The Bertz CT molecular complexity index is 653. The first-order chi connectivity index (χ1) is 9.81. The number of carbonyl (C=O) groups is 1. The predicted octanol–water partition coefficient (Wildman–Crippen LogP) is 1.98. The fourth-order valence-corrected chi connectivity index (χ4v) is 3.37. The van der Waals surface area contributed by atoms with E-state index < -0.39 is 32.3 Å². The topological polar surface area (TPSA) is 92.7 Å². The van der Waals surface area contributed by atoms with Crippen LogP contribution in [-0.4, -0.2) is 25.6 Å². The number of hydrogen-bond donors (Lipinski definition) is 2. The summed E-state index contributed by atoms with van der Waals surface area (Å²) in [5, 5.41) is 8.88. The molecule has 21 heavy (non-hydrogen) atoms. The van der Waals surface area contributed by atoms with Crippen molar-refractivity contribution in [2.45, 2.75) is 43.6 Å². The number of carboxylic acids is 1. The highest BCUT2D eigenvalue weighted by Crippen LogP contribution is 2.23. The number of sulfonamides is 1. The zero-order valence-electron chi connectivity index (χ0n) is 11.4. The first-order valence-electron chi connectivity index (χ1n) is 6.52. The second-order valence-electron chi connectivity index (χ2n) is 5.00. The van der Waals surface area contributed by atoms with Crippen LogP contribution in [0.1, 0.15) is 41.6 Å². The van der Waals surface area contributed by atoms with Crippen LogP contribution in [0.2, 0.25) is 0 Å². The van der Waals surface area contributed by atoms with Crippen LogP contribution < -0.4 is 4.89 Å². The van der Waals surface area contributed by atoms with Gasteiger partial charge in [0.15, 0.2) is 0 Å². The molecule has 1 aliphatic carbocycles. The van der Waals surface area contributed by atoms with Crippen LogP contribution in [-0.2, 0) is 14.9 Å². The first-order valence-corrected chi connectivity index (χ1v) is 8.00. The zero-order chi connectivity index (χ0) is 15.6. The first kappa shape index (κ1) is 15.9. The molecule has 0 aromatic heterocycles. The Kier molecular flexibility index (Phi) is 4.60. The van der Waals surface area contributed by atoms with Gasteiger partial charge in [-0.25, -0.2) is 17.6 Å². The highest BCUT2D eigenvalue weighted by molar-refractivity contribution is 7.89. The highest BCUT2D eigenvalue weighted by atomic mass is 32.2. The van der Waals surface area contributed by atoms with Crippen LogP contribution >= 0.6 is 0 Å². The standard InChI is InChI=1S/C13H16FNO5S/c1-8-11(14)6-9(13(16)17)7-12(8)21(18,19)15-20-10-4-2-3-5-10/h6-7,10,15H,2-5H2,1H3,(H,16,17).